The number of carbonyl (C=O) groups is 2. The van der Waals surface area contributed by atoms with Crippen LogP contribution >= 0.6 is 0 Å². The minimum absolute atomic E-state index is 0.00840. The quantitative estimate of drug-likeness (QED) is 0.742. The minimum Gasteiger partial charge on any atom is -0.453 e. The van der Waals surface area contributed by atoms with Gasteiger partial charge in [0.1, 0.15) is 6.04 Å². The average molecular weight is 358 g/mol. The third-order valence-electron chi connectivity index (χ3n) is 3.44. The van der Waals surface area contributed by atoms with Crippen LogP contribution in [0.3, 0.4) is 0 Å². The molecule has 1 aliphatic rings. The van der Waals surface area contributed by atoms with E-state index >= 15 is 0 Å². The Morgan fingerprint density at radius 2 is 1.56 bits per heavy atom. The monoisotopic (exact) mass is 357 g/mol. The molecular formula is C19H39N3O3. The van der Waals surface area contributed by atoms with Crippen LogP contribution in [0.25, 0.3) is 0 Å². The van der Waals surface area contributed by atoms with Gasteiger partial charge in [-0.25, -0.2) is 4.79 Å². The summed E-state index contributed by atoms with van der Waals surface area (Å²) < 4.78 is 4.50. The Kier molecular flexibility index (Phi) is 9.48. The molecule has 0 aromatic rings. The molecule has 1 saturated heterocycles. The van der Waals surface area contributed by atoms with Gasteiger partial charge in [0.05, 0.1) is 7.11 Å². The second-order valence-corrected chi connectivity index (χ2v) is 9.47. The second kappa shape index (κ2) is 10.00. The van der Waals surface area contributed by atoms with Crippen molar-refractivity contribution < 1.29 is 14.3 Å². The van der Waals surface area contributed by atoms with Gasteiger partial charge in [-0.2, -0.15) is 0 Å². The van der Waals surface area contributed by atoms with Crippen molar-refractivity contribution in [2.45, 2.75) is 61.4 Å². The lowest BCUT2D eigenvalue weighted by atomic mass is 9.96. The number of hydrogen-bond donors (Lipinski definition) is 2. The molecule has 2 N–H and O–H groups in total. The maximum Gasteiger partial charge on any atom is 0.407 e. The SMILES string of the molecule is CC(C)(C)CN1CC1.COC(=O)N[C@H](C(=O)NCC(C)(C)C)C(C)C. The van der Waals surface area contributed by atoms with Crippen LogP contribution in [0.2, 0.25) is 0 Å². The van der Waals surface area contributed by atoms with Crippen molar-refractivity contribution in [3.63, 3.8) is 0 Å². The van der Waals surface area contributed by atoms with Crippen molar-refractivity contribution in [2.75, 3.05) is 33.3 Å². The van der Waals surface area contributed by atoms with E-state index in [0.29, 0.717) is 12.0 Å². The highest BCUT2D eigenvalue weighted by atomic mass is 16.5. The molecule has 6 heteroatoms. The van der Waals surface area contributed by atoms with E-state index in [1.807, 2.05) is 34.6 Å². The summed E-state index contributed by atoms with van der Waals surface area (Å²) in [7, 11) is 1.28. The molecule has 0 radical (unpaired) electrons. The number of ether oxygens (including phenoxy) is 1. The first-order valence-electron chi connectivity index (χ1n) is 9.10. The summed E-state index contributed by atoms with van der Waals surface area (Å²) in [6.45, 7) is 21.2. The smallest absolute Gasteiger partial charge is 0.407 e. The lowest BCUT2D eigenvalue weighted by Crippen LogP contribution is -2.51. The molecule has 0 saturated carbocycles. The first-order chi connectivity index (χ1) is 11.2. The molecule has 25 heavy (non-hydrogen) atoms. The molecule has 148 valence electrons. The van der Waals surface area contributed by atoms with Crippen LogP contribution in [0.1, 0.15) is 55.4 Å². The van der Waals surface area contributed by atoms with E-state index in [1.165, 1.54) is 26.7 Å². The van der Waals surface area contributed by atoms with Gasteiger partial charge in [-0.15, -0.1) is 0 Å². The number of hydrogen-bond acceptors (Lipinski definition) is 4. The van der Waals surface area contributed by atoms with Gasteiger partial charge in [-0.1, -0.05) is 55.4 Å². The van der Waals surface area contributed by atoms with Crippen LogP contribution in [-0.4, -0.2) is 56.2 Å². The summed E-state index contributed by atoms with van der Waals surface area (Å²) in [4.78, 5) is 25.5. The van der Waals surface area contributed by atoms with Gasteiger partial charge >= 0.3 is 6.09 Å². The Hall–Kier alpha value is -1.30. The molecule has 1 heterocycles. The van der Waals surface area contributed by atoms with Gasteiger partial charge < -0.3 is 20.3 Å². The van der Waals surface area contributed by atoms with Crippen molar-refractivity contribution in [1.82, 2.24) is 15.5 Å². The van der Waals surface area contributed by atoms with Crippen molar-refractivity contribution in [1.29, 1.82) is 0 Å². The lowest BCUT2D eigenvalue weighted by molar-refractivity contribution is -0.124. The highest BCUT2D eigenvalue weighted by Crippen LogP contribution is 2.18. The summed E-state index contributed by atoms with van der Waals surface area (Å²) in [5, 5.41) is 5.35. The first kappa shape index (κ1) is 23.7. The molecule has 0 bridgehead atoms. The molecule has 6 nitrogen and oxygen atoms in total. The average Bonchev–Trinajstić information content (AvgIpc) is 3.23. The fourth-order valence-corrected chi connectivity index (χ4v) is 2.08. The topological polar surface area (TPSA) is 70.4 Å². The molecule has 1 aliphatic heterocycles. The molecule has 0 aromatic carbocycles. The van der Waals surface area contributed by atoms with Gasteiger partial charge in [-0.3, -0.25) is 4.79 Å². The van der Waals surface area contributed by atoms with Gasteiger partial charge in [0.25, 0.3) is 0 Å². The summed E-state index contributed by atoms with van der Waals surface area (Å²) in [5.74, 6) is -0.172. The zero-order chi connectivity index (χ0) is 19.8. The summed E-state index contributed by atoms with van der Waals surface area (Å²) in [6, 6.07) is -0.565. The van der Waals surface area contributed by atoms with Crippen LogP contribution in [-0.2, 0) is 9.53 Å². The molecule has 1 fully saturated rings. The molecule has 0 aliphatic carbocycles. The van der Waals surface area contributed by atoms with Crippen molar-refractivity contribution in [2.24, 2.45) is 16.7 Å². The van der Waals surface area contributed by atoms with Crippen molar-refractivity contribution in [3.05, 3.63) is 0 Å². The van der Waals surface area contributed by atoms with Gasteiger partial charge in [0.15, 0.2) is 0 Å². The number of amides is 2. The predicted octanol–water partition coefficient (Wildman–Crippen LogP) is 2.88. The second-order valence-electron chi connectivity index (χ2n) is 9.47. The zero-order valence-electron chi connectivity index (χ0n) is 17.7. The normalized spacial score (nSPS) is 15.8. The van der Waals surface area contributed by atoms with Crippen LogP contribution in [0.4, 0.5) is 4.79 Å². The molecule has 0 aromatic heterocycles. The van der Waals surface area contributed by atoms with Crippen LogP contribution < -0.4 is 10.6 Å². The third kappa shape index (κ3) is 13.6. The highest BCUT2D eigenvalue weighted by Gasteiger charge is 2.25. The molecule has 0 unspecified atom stereocenters. The highest BCUT2D eigenvalue weighted by molar-refractivity contribution is 5.85. The number of carbonyl (C=O) groups excluding carboxylic acids is 2. The predicted molar refractivity (Wildman–Crippen MR) is 103 cm³/mol. The summed E-state index contributed by atoms with van der Waals surface area (Å²) in [6.07, 6.45) is -0.588. The van der Waals surface area contributed by atoms with E-state index in [2.05, 4.69) is 41.0 Å². The minimum atomic E-state index is -0.588. The number of nitrogens with zero attached hydrogens (tertiary/aromatic N) is 1. The number of methoxy groups -OCH3 is 1. The summed E-state index contributed by atoms with van der Waals surface area (Å²) in [5.41, 5.74) is 0.527. The number of rotatable bonds is 5. The van der Waals surface area contributed by atoms with E-state index in [0.717, 1.165) is 0 Å². The first-order valence-corrected chi connectivity index (χ1v) is 9.10. The Morgan fingerprint density at radius 1 is 1.04 bits per heavy atom. The Balaban J connectivity index is 0.000000593. The van der Waals surface area contributed by atoms with Crippen LogP contribution in [0.5, 0.6) is 0 Å². The number of nitrogens with one attached hydrogen (secondary N) is 2. The largest absolute Gasteiger partial charge is 0.453 e. The van der Waals surface area contributed by atoms with Crippen LogP contribution in [0.15, 0.2) is 0 Å². The fraction of sp³-hybridized carbons (Fsp3) is 0.895. The maximum atomic E-state index is 11.9. The zero-order valence-corrected chi connectivity index (χ0v) is 17.7. The van der Waals surface area contributed by atoms with Gasteiger partial charge in [0, 0.05) is 26.2 Å². The molecule has 1 rings (SSSR count). The van der Waals surface area contributed by atoms with E-state index in [1.54, 1.807) is 0 Å². The van der Waals surface area contributed by atoms with E-state index in [9.17, 15) is 9.59 Å². The maximum absolute atomic E-state index is 11.9. The van der Waals surface area contributed by atoms with Gasteiger partial charge in [-0.05, 0) is 16.7 Å². The van der Waals surface area contributed by atoms with Crippen molar-refractivity contribution >= 4 is 12.0 Å². The third-order valence-corrected chi connectivity index (χ3v) is 3.44. The Morgan fingerprint density at radius 3 is 1.84 bits per heavy atom. The number of alkyl carbamates (subject to hydrolysis) is 1. The standard InChI is InChI=1S/C12H24N2O3.C7H15N/c1-8(2)9(14-11(16)17-6)10(15)13-7-12(3,4)5;1-7(2,3)6-8-4-5-8/h8-9H,7H2,1-6H3,(H,13,15)(H,14,16);4-6H2,1-3H3/t9-;/m0./s1. The van der Waals surface area contributed by atoms with E-state index < -0.39 is 12.1 Å². The lowest BCUT2D eigenvalue weighted by Gasteiger charge is -2.24. The van der Waals surface area contributed by atoms with Crippen molar-refractivity contribution in [3.8, 4) is 0 Å². The molecule has 2 amide bonds. The van der Waals surface area contributed by atoms with E-state index in [4.69, 9.17) is 0 Å². The van der Waals surface area contributed by atoms with E-state index in [-0.39, 0.29) is 17.2 Å². The molecule has 0 spiro atoms. The Bertz CT molecular complexity index is 419. The van der Waals surface area contributed by atoms with Gasteiger partial charge in [0.2, 0.25) is 5.91 Å². The summed E-state index contributed by atoms with van der Waals surface area (Å²) >= 11 is 0. The Labute approximate surface area is 154 Å². The fourth-order valence-electron chi connectivity index (χ4n) is 2.08. The van der Waals surface area contributed by atoms with Crippen LogP contribution in [0, 0.1) is 16.7 Å². The molecule has 1 atom stereocenters. The molecular weight excluding hydrogens is 318 g/mol.